The molecule has 0 aromatic carbocycles. The summed E-state index contributed by atoms with van der Waals surface area (Å²) in [5.41, 5.74) is 0.720. The number of carbonyl (C=O) groups is 2. The molecule has 1 aliphatic heterocycles. The van der Waals surface area contributed by atoms with E-state index in [0.717, 1.165) is 6.42 Å². The molecule has 0 bridgehead atoms. The molecule has 1 aliphatic rings. The third-order valence-corrected chi connectivity index (χ3v) is 4.46. The molecule has 2 N–H and O–H groups in total. The van der Waals surface area contributed by atoms with E-state index in [4.69, 9.17) is 9.84 Å². The summed E-state index contributed by atoms with van der Waals surface area (Å²) < 4.78 is 7.11. The number of imidazole rings is 1. The van der Waals surface area contributed by atoms with Gasteiger partial charge in [-0.15, -0.1) is 0 Å². The predicted molar refractivity (Wildman–Crippen MR) is 102 cm³/mol. The third-order valence-electron chi connectivity index (χ3n) is 4.46. The minimum atomic E-state index is -0.869. The fourth-order valence-corrected chi connectivity index (χ4v) is 3.28. The van der Waals surface area contributed by atoms with Gasteiger partial charge < -0.3 is 24.6 Å². The van der Waals surface area contributed by atoms with Crippen LogP contribution in [0.2, 0.25) is 0 Å². The van der Waals surface area contributed by atoms with Gasteiger partial charge in [-0.25, -0.2) is 19.7 Å². The summed E-state index contributed by atoms with van der Waals surface area (Å²) in [6.07, 6.45) is 1.80. The molecule has 1 saturated heterocycles. The first-order valence-electron chi connectivity index (χ1n) is 9.28. The van der Waals surface area contributed by atoms with Crippen molar-refractivity contribution in [3.05, 3.63) is 12.2 Å². The second-order valence-corrected chi connectivity index (χ2v) is 7.90. The van der Waals surface area contributed by atoms with E-state index < -0.39 is 17.7 Å². The number of carbonyl (C=O) groups excluding carboxylic acids is 1. The molecule has 0 aliphatic carbocycles. The molecule has 10 heteroatoms. The number of carboxylic acid groups (broad SMARTS) is 1. The van der Waals surface area contributed by atoms with Gasteiger partial charge in [0.15, 0.2) is 17.0 Å². The van der Waals surface area contributed by atoms with E-state index >= 15 is 0 Å². The van der Waals surface area contributed by atoms with Crippen molar-refractivity contribution in [3.8, 4) is 0 Å². The number of rotatable bonds is 5. The van der Waals surface area contributed by atoms with E-state index in [1.165, 1.54) is 6.33 Å². The molecule has 28 heavy (non-hydrogen) atoms. The number of alkyl carbamates (subject to hydrolysis) is 1. The van der Waals surface area contributed by atoms with Gasteiger partial charge in [-0.05, 0) is 34.1 Å². The van der Waals surface area contributed by atoms with Gasteiger partial charge in [0.1, 0.15) is 17.8 Å². The second-order valence-electron chi connectivity index (χ2n) is 7.90. The summed E-state index contributed by atoms with van der Waals surface area (Å²) in [6.45, 7) is 8.91. The van der Waals surface area contributed by atoms with Gasteiger partial charge in [-0.3, -0.25) is 4.79 Å². The molecular formula is C18H26N6O4. The van der Waals surface area contributed by atoms with Crippen molar-refractivity contribution in [2.24, 2.45) is 0 Å². The number of hydrogen-bond acceptors (Lipinski definition) is 7. The maximum Gasteiger partial charge on any atom is 0.407 e. The van der Waals surface area contributed by atoms with Gasteiger partial charge in [-0.1, -0.05) is 0 Å². The standard InChI is InChI=1S/C18H26N6O4/c1-11-21-14-15(19-10-20-16(14)24(11)8-6-13(25)26)23-7-5-12(9-23)22-17(27)28-18(2,3)4/h10,12H,5-9H2,1-4H3,(H,22,27)(H,25,26). The summed E-state index contributed by atoms with van der Waals surface area (Å²) in [6, 6.07) is -0.0462. The van der Waals surface area contributed by atoms with Crippen LogP contribution in [0, 0.1) is 6.92 Å². The van der Waals surface area contributed by atoms with Crippen molar-refractivity contribution >= 4 is 29.0 Å². The zero-order chi connectivity index (χ0) is 20.5. The number of amides is 1. The number of ether oxygens (including phenoxy) is 1. The van der Waals surface area contributed by atoms with Crippen molar-refractivity contribution < 1.29 is 19.4 Å². The minimum Gasteiger partial charge on any atom is -0.481 e. The Balaban J connectivity index is 1.75. The van der Waals surface area contributed by atoms with Gasteiger partial charge in [-0.2, -0.15) is 0 Å². The predicted octanol–water partition coefficient (Wildman–Crippen LogP) is 1.71. The third kappa shape index (κ3) is 4.49. The summed E-state index contributed by atoms with van der Waals surface area (Å²) >= 11 is 0. The fraction of sp³-hybridized carbons (Fsp3) is 0.611. The lowest BCUT2D eigenvalue weighted by Gasteiger charge is -2.22. The van der Waals surface area contributed by atoms with Gasteiger partial charge >= 0.3 is 12.1 Å². The van der Waals surface area contributed by atoms with Crippen molar-refractivity contribution in [2.75, 3.05) is 18.0 Å². The molecule has 0 spiro atoms. The van der Waals surface area contributed by atoms with E-state index in [1.54, 1.807) is 4.57 Å². The van der Waals surface area contributed by atoms with Crippen molar-refractivity contribution in [1.82, 2.24) is 24.8 Å². The Morgan fingerprint density at radius 2 is 2.11 bits per heavy atom. The SMILES string of the molecule is Cc1nc2c(N3CCC(NC(=O)OC(C)(C)C)C3)ncnc2n1CCC(=O)O. The largest absolute Gasteiger partial charge is 0.481 e. The van der Waals surface area contributed by atoms with Gasteiger partial charge in [0, 0.05) is 19.6 Å². The first kappa shape index (κ1) is 19.8. The van der Waals surface area contributed by atoms with Crippen molar-refractivity contribution in [1.29, 1.82) is 0 Å². The number of nitrogens with zero attached hydrogens (tertiary/aromatic N) is 5. The quantitative estimate of drug-likeness (QED) is 0.791. The minimum absolute atomic E-state index is 0.00275. The summed E-state index contributed by atoms with van der Waals surface area (Å²) in [4.78, 5) is 38.2. The van der Waals surface area contributed by atoms with E-state index in [1.807, 2.05) is 27.7 Å². The number of aromatic nitrogens is 4. The molecule has 10 nitrogen and oxygen atoms in total. The van der Waals surface area contributed by atoms with Crippen molar-refractivity contribution in [3.63, 3.8) is 0 Å². The normalized spacial score (nSPS) is 17.1. The highest BCUT2D eigenvalue weighted by molar-refractivity contribution is 5.84. The maximum absolute atomic E-state index is 12.0. The lowest BCUT2D eigenvalue weighted by molar-refractivity contribution is -0.137. The number of nitrogens with one attached hydrogen (secondary N) is 1. The molecule has 1 fully saturated rings. The molecule has 1 amide bonds. The van der Waals surface area contributed by atoms with Crippen LogP contribution in [0.5, 0.6) is 0 Å². The van der Waals surface area contributed by atoms with E-state index in [2.05, 4.69) is 25.2 Å². The highest BCUT2D eigenvalue weighted by Crippen LogP contribution is 2.26. The molecule has 0 saturated carbocycles. The average molecular weight is 390 g/mol. The molecule has 152 valence electrons. The van der Waals surface area contributed by atoms with Crippen LogP contribution in [0.1, 0.15) is 39.4 Å². The monoisotopic (exact) mass is 390 g/mol. The van der Waals surface area contributed by atoms with E-state index in [-0.39, 0.29) is 12.5 Å². The molecule has 2 aromatic heterocycles. The van der Waals surface area contributed by atoms with Crippen molar-refractivity contribution in [2.45, 2.75) is 58.7 Å². The number of hydrogen-bond donors (Lipinski definition) is 2. The first-order valence-corrected chi connectivity index (χ1v) is 9.28. The lowest BCUT2D eigenvalue weighted by Crippen LogP contribution is -2.40. The van der Waals surface area contributed by atoms with Crippen LogP contribution in [0.15, 0.2) is 6.33 Å². The van der Waals surface area contributed by atoms with Crippen LogP contribution in [0.4, 0.5) is 10.6 Å². The Hall–Kier alpha value is -2.91. The number of fused-ring (bicyclic) bond motifs is 1. The van der Waals surface area contributed by atoms with Gasteiger partial charge in [0.05, 0.1) is 12.5 Å². The summed E-state index contributed by atoms with van der Waals surface area (Å²) in [5.74, 6) is 0.516. The lowest BCUT2D eigenvalue weighted by atomic mass is 10.2. The molecule has 3 heterocycles. The highest BCUT2D eigenvalue weighted by Gasteiger charge is 2.29. The van der Waals surface area contributed by atoms with Crippen LogP contribution < -0.4 is 10.2 Å². The number of aryl methyl sites for hydroxylation is 2. The van der Waals surface area contributed by atoms with Crippen LogP contribution in [0.25, 0.3) is 11.2 Å². The average Bonchev–Trinajstić information content (AvgIpc) is 3.14. The number of anilines is 1. The Bertz CT molecular complexity index is 888. The Kier molecular flexibility index (Phi) is 5.39. The van der Waals surface area contributed by atoms with Crippen LogP contribution in [0.3, 0.4) is 0 Å². The Labute approximate surface area is 162 Å². The van der Waals surface area contributed by atoms with Crippen LogP contribution >= 0.6 is 0 Å². The summed E-state index contributed by atoms with van der Waals surface area (Å²) in [7, 11) is 0. The molecule has 1 atom stereocenters. The second kappa shape index (κ2) is 7.61. The van der Waals surface area contributed by atoms with Gasteiger partial charge in [0.25, 0.3) is 0 Å². The van der Waals surface area contributed by atoms with E-state index in [9.17, 15) is 9.59 Å². The fourth-order valence-electron chi connectivity index (χ4n) is 3.28. The molecule has 1 unspecified atom stereocenters. The van der Waals surface area contributed by atoms with Crippen LogP contribution in [-0.4, -0.2) is 61.4 Å². The maximum atomic E-state index is 12.0. The number of aliphatic carboxylic acids is 1. The first-order chi connectivity index (χ1) is 13.1. The smallest absolute Gasteiger partial charge is 0.407 e. The number of carboxylic acids is 1. The zero-order valence-corrected chi connectivity index (χ0v) is 16.6. The van der Waals surface area contributed by atoms with E-state index in [0.29, 0.717) is 42.4 Å². The molecule has 2 aromatic rings. The van der Waals surface area contributed by atoms with Gasteiger partial charge in [0.2, 0.25) is 0 Å². The zero-order valence-electron chi connectivity index (χ0n) is 16.6. The van der Waals surface area contributed by atoms with Crippen LogP contribution in [-0.2, 0) is 16.1 Å². The molecule has 3 rings (SSSR count). The molecule has 0 radical (unpaired) electrons. The topological polar surface area (TPSA) is 122 Å². The summed E-state index contributed by atoms with van der Waals surface area (Å²) in [5, 5.41) is 11.9. The molecular weight excluding hydrogens is 364 g/mol. The Morgan fingerprint density at radius 1 is 1.36 bits per heavy atom. The Morgan fingerprint density at radius 3 is 2.79 bits per heavy atom. The highest BCUT2D eigenvalue weighted by atomic mass is 16.6.